The van der Waals surface area contributed by atoms with Crippen LogP contribution in [0.1, 0.15) is 35.7 Å². The molecule has 1 saturated heterocycles. The number of ether oxygens (including phenoxy) is 1. The van der Waals surface area contributed by atoms with E-state index in [1.807, 2.05) is 12.1 Å². The summed E-state index contributed by atoms with van der Waals surface area (Å²) in [4.78, 5) is 13.1. The van der Waals surface area contributed by atoms with Gasteiger partial charge in [-0.25, -0.2) is 9.97 Å². The first kappa shape index (κ1) is 20.3. The zero-order valence-corrected chi connectivity index (χ0v) is 17.0. The van der Waals surface area contributed by atoms with E-state index < -0.39 is 11.9 Å². The second kappa shape index (κ2) is 8.12. The maximum Gasteiger partial charge on any atom is 0.431 e. The Hall–Kier alpha value is -2.65. The summed E-state index contributed by atoms with van der Waals surface area (Å²) in [6.45, 7) is 3.22. The highest BCUT2D eigenvalue weighted by atomic mass is 19.4. The molecule has 9 heteroatoms. The first-order chi connectivity index (χ1) is 15.0. The summed E-state index contributed by atoms with van der Waals surface area (Å²) in [6.07, 6.45) is -0.272. The normalized spacial score (nSPS) is 22.8. The molecule has 1 aromatic carbocycles. The van der Waals surface area contributed by atoms with Gasteiger partial charge in [0.25, 0.3) is 0 Å². The Bertz CT molecular complexity index is 1060. The number of alkyl halides is 3. The van der Waals surface area contributed by atoms with E-state index in [2.05, 4.69) is 37.3 Å². The molecule has 2 aliphatic rings. The van der Waals surface area contributed by atoms with Gasteiger partial charge >= 0.3 is 6.18 Å². The summed E-state index contributed by atoms with van der Waals surface area (Å²) >= 11 is 0. The van der Waals surface area contributed by atoms with Gasteiger partial charge in [-0.2, -0.15) is 13.2 Å². The van der Waals surface area contributed by atoms with Crippen molar-refractivity contribution in [3.05, 3.63) is 53.5 Å². The molecule has 0 radical (unpaired) electrons. The highest BCUT2D eigenvalue weighted by Gasteiger charge is 2.36. The number of anilines is 1. The van der Waals surface area contributed by atoms with Gasteiger partial charge in [-0.1, -0.05) is 24.3 Å². The minimum absolute atomic E-state index is 0.0922. The SMILES string of the molecule is FC(F)(F)c1cc2c(N[C@H]3c4ccccc4CC[C@@H]3N3CCCOCC3)ncnc2[nH]1. The average molecular weight is 431 g/mol. The van der Waals surface area contributed by atoms with Gasteiger partial charge in [-0.05, 0) is 36.5 Å². The molecule has 3 heterocycles. The number of rotatable bonds is 3. The van der Waals surface area contributed by atoms with E-state index in [4.69, 9.17) is 4.74 Å². The van der Waals surface area contributed by atoms with Crippen molar-refractivity contribution >= 4 is 16.9 Å². The van der Waals surface area contributed by atoms with Gasteiger partial charge in [-0.3, -0.25) is 4.90 Å². The number of H-pyrrole nitrogens is 1. The van der Waals surface area contributed by atoms with E-state index in [0.29, 0.717) is 17.8 Å². The fraction of sp³-hybridized carbons (Fsp3) is 0.455. The third-order valence-electron chi connectivity index (χ3n) is 6.23. The van der Waals surface area contributed by atoms with Crippen molar-refractivity contribution in [2.45, 2.75) is 37.5 Å². The Morgan fingerprint density at radius 2 is 2.00 bits per heavy atom. The lowest BCUT2D eigenvalue weighted by Gasteiger charge is -2.41. The molecule has 31 heavy (non-hydrogen) atoms. The zero-order chi connectivity index (χ0) is 21.4. The molecule has 2 N–H and O–H groups in total. The molecule has 2 aromatic heterocycles. The summed E-state index contributed by atoms with van der Waals surface area (Å²) in [5, 5.41) is 3.84. The number of aryl methyl sites for hydroxylation is 1. The molecular weight excluding hydrogens is 407 g/mol. The fourth-order valence-corrected chi connectivity index (χ4v) is 4.76. The van der Waals surface area contributed by atoms with E-state index >= 15 is 0 Å². The van der Waals surface area contributed by atoms with Gasteiger partial charge in [-0.15, -0.1) is 0 Å². The molecule has 164 valence electrons. The summed E-state index contributed by atoms with van der Waals surface area (Å²) in [5.41, 5.74) is 1.78. The Morgan fingerprint density at radius 1 is 1.13 bits per heavy atom. The van der Waals surface area contributed by atoms with E-state index in [0.717, 1.165) is 45.0 Å². The lowest BCUT2D eigenvalue weighted by Crippen LogP contribution is -2.46. The van der Waals surface area contributed by atoms with E-state index in [1.54, 1.807) is 0 Å². The van der Waals surface area contributed by atoms with Gasteiger partial charge in [0.15, 0.2) is 0 Å². The van der Waals surface area contributed by atoms with Crippen molar-refractivity contribution < 1.29 is 17.9 Å². The largest absolute Gasteiger partial charge is 0.431 e. The van der Waals surface area contributed by atoms with Crippen LogP contribution >= 0.6 is 0 Å². The molecule has 1 aliphatic heterocycles. The van der Waals surface area contributed by atoms with Crippen LogP contribution in [0.5, 0.6) is 0 Å². The summed E-state index contributed by atoms with van der Waals surface area (Å²) in [7, 11) is 0. The molecule has 0 unspecified atom stereocenters. The van der Waals surface area contributed by atoms with E-state index in [-0.39, 0.29) is 17.7 Å². The van der Waals surface area contributed by atoms with Crippen LogP contribution in [0.25, 0.3) is 11.0 Å². The van der Waals surface area contributed by atoms with Gasteiger partial charge < -0.3 is 15.0 Å². The Balaban J connectivity index is 1.53. The number of nitrogens with zero attached hydrogens (tertiary/aromatic N) is 3. The van der Waals surface area contributed by atoms with Gasteiger partial charge in [0, 0.05) is 25.7 Å². The first-order valence-electron chi connectivity index (χ1n) is 10.6. The summed E-state index contributed by atoms with van der Waals surface area (Å²) < 4.78 is 45.4. The molecular formula is C22H24F3N5O. The average Bonchev–Trinajstić information content (AvgIpc) is 3.04. The predicted molar refractivity (Wildman–Crippen MR) is 111 cm³/mol. The zero-order valence-electron chi connectivity index (χ0n) is 17.0. The number of hydrogen-bond donors (Lipinski definition) is 2. The second-order valence-corrected chi connectivity index (χ2v) is 8.09. The lowest BCUT2D eigenvalue weighted by molar-refractivity contribution is -0.140. The standard InChI is InChI=1S/C22H24F3N5O/c23-22(24,25)18-12-16-20(28-18)26-13-27-21(16)29-19-15-5-2-1-4-14(15)6-7-17(19)30-8-3-10-31-11-9-30/h1-2,4-5,12-13,17,19H,3,6-11H2,(H2,26,27,28,29)/t17-,19-/m0/s1. The quantitative estimate of drug-likeness (QED) is 0.652. The highest BCUT2D eigenvalue weighted by molar-refractivity contribution is 5.88. The smallest absolute Gasteiger partial charge is 0.380 e. The monoisotopic (exact) mass is 431 g/mol. The predicted octanol–water partition coefficient (Wildman–Crippen LogP) is 4.17. The van der Waals surface area contributed by atoms with Crippen LogP contribution < -0.4 is 5.32 Å². The summed E-state index contributed by atoms with van der Waals surface area (Å²) in [6, 6.07) is 9.45. The topological polar surface area (TPSA) is 66.1 Å². The van der Waals surface area contributed by atoms with E-state index in [1.165, 1.54) is 17.5 Å². The van der Waals surface area contributed by atoms with Gasteiger partial charge in [0.1, 0.15) is 23.5 Å². The van der Waals surface area contributed by atoms with Crippen LogP contribution in [-0.2, 0) is 17.3 Å². The molecule has 0 amide bonds. The number of nitrogens with one attached hydrogen (secondary N) is 2. The van der Waals surface area contributed by atoms with Crippen LogP contribution in [0.2, 0.25) is 0 Å². The maximum atomic E-state index is 13.2. The fourth-order valence-electron chi connectivity index (χ4n) is 4.76. The van der Waals surface area contributed by atoms with E-state index in [9.17, 15) is 13.2 Å². The van der Waals surface area contributed by atoms with Crippen molar-refractivity contribution in [3.8, 4) is 0 Å². The van der Waals surface area contributed by atoms with Gasteiger partial charge in [0.05, 0.1) is 18.0 Å². The van der Waals surface area contributed by atoms with Crippen LogP contribution in [0.4, 0.5) is 19.0 Å². The van der Waals surface area contributed by atoms with Crippen molar-refractivity contribution in [1.82, 2.24) is 19.9 Å². The second-order valence-electron chi connectivity index (χ2n) is 8.09. The van der Waals surface area contributed by atoms with Crippen molar-refractivity contribution in [2.75, 3.05) is 31.6 Å². The lowest BCUT2D eigenvalue weighted by atomic mass is 9.83. The molecule has 2 atom stereocenters. The minimum atomic E-state index is -4.47. The third-order valence-corrected chi connectivity index (χ3v) is 6.23. The molecule has 0 saturated carbocycles. The van der Waals surface area contributed by atoms with Crippen LogP contribution in [0.15, 0.2) is 36.7 Å². The van der Waals surface area contributed by atoms with Crippen LogP contribution in [0, 0.1) is 0 Å². The maximum absolute atomic E-state index is 13.2. The number of aromatic amines is 1. The first-order valence-corrected chi connectivity index (χ1v) is 10.6. The number of halogens is 3. The Kier molecular flexibility index (Phi) is 5.31. The molecule has 5 rings (SSSR count). The van der Waals surface area contributed by atoms with Gasteiger partial charge in [0.2, 0.25) is 0 Å². The molecule has 3 aromatic rings. The third kappa shape index (κ3) is 3.99. The minimum Gasteiger partial charge on any atom is -0.380 e. The summed E-state index contributed by atoms with van der Waals surface area (Å²) in [5.74, 6) is 0.412. The Labute approximate surface area is 177 Å². The molecule has 0 bridgehead atoms. The molecule has 0 spiro atoms. The molecule has 6 nitrogen and oxygen atoms in total. The van der Waals surface area contributed by atoms with Crippen LogP contribution in [-0.4, -0.2) is 52.2 Å². The number of aromatic nitrogens is 3. The Morgan fingerprint density at radius 3 is 2.87 bits per heavy atom. The van der Waals surface area contributed by atoms with Crippen molar-refractivity contribution in [2.24, 2.45) is 0 Å². The number of hydrogen-bond acceptors (Lipinski definition) is 5. The van der Waals surface area contributed by atoms with Crippen LogP contribution in [0.3, 0.4) is 0 Å². The number of benzene rings is 1. The molecule has 1 fully saturated rings. The number of fused-ring (bicyclic) bond motifs is 2. The highest BCUT2D eigenvalue weighted by Crippen LogP contribution is 2.38. The van der Waals surface area contributed by atoms with Crippen molar-refractivity contribution in [3.63, 3.8) is 0 Å². The van der Waals surface area contributed by atoms with Crippen molar-refractivity contribution in [1.29, 1.82) is 0 Å². The molecule has 1 aliphatic carbocycles.